The van der Waals surface area contributed by atoms with Gasteiger partial charge in [0.2, 0.25) is 0 Å². The van der Waals surface area contributed by atoms with Crippen LogP contribution in [0.25, 0.3) is 0 Å². The van der Waals surface area contributed by atoms with E-state index in [2.05, 4.69) is 29.0 Å². The summed E-state index contributed by atoms with van der Waals surface area (Å²) in [5.41, 5.74) is 0.955. The van der Waals surface area contributed by atoms with Crippen molar-refractivity contribution in [3.63, 3.8) is 0 Å². The maximum Gasteiger partial charge on any atom is 0.297 e. The maximum absolute atomic E-state index is 5.48. The van der Waals surface area contributed by atoms with Gasteiger partial charge in [-0.3, -0.25) is 0 Å². The molecule has 0 radical (unpaired) electrons. The Kier molecular flexibility index (Phi) is 3.79. The minimum absolute atomic E-state index is 0.248. The van der Waals surface area contributed by atoms with Crippen molar-refractivity contribution in [3.8, 4) is 0 Å². The molecule has 16 heavy (non-hydrogen) atoms. The molecule has 0 bridgehead atoms. The fourth-order valence-corrected chi connectivity index (χ4v) is 1.77. The molecule has 1 saturated heterocycles. The van der Waals surface area contributed by atoms with Crippen molar-refractivity contribution in [2.24, 2.45) is 0 Å². The van der Waals surface area contributed by atoms with E-state index in [1.165, 1.54) is 0 Å². The first-order valence-electron chi connectivity index (χ1n) is 5.81. The number of nitrogens with zero attached hydrogens (tertiary/aromatic N) is 2. The first-order valence-corrected chi connectivity index (χ1v) is 5.81. The Hall–Kier alpha value is -1.07. The summed E-state index contributed by atoms with van der Waals surface area (Å²) in [5.74, 6) is 0. The van der Waals surface area contributed by atoms with Crippen LogP contribution in [0.3, 0.4) is 0 Å². The Balaban J connectivity index is 1.95. The highest BCUT2D eigenvalue weighted by molar-refractivity contribution is 5.27. The number of ether oxygens (including phenoxy) is 1. The Morgan fingerprint density at radius 3 is 3.25 bits per heavy atom. The second kappa shape index (κ2) is 5.32. The highest BCUT2D eigenvalue weighted by Crippen LogP contribution is 2.16. The standard InChI is InChI=1S/C11H19N3O2/c1-3-12-6-10-8-16-11(13-10)14-4-5-15-9(2)7-14/h8-9,12H,3-7H2,1-2H3. The van der Waals surface area contributed by atoms with Gasteiger partial charge < -0.3 is 19.4 Å². The van der Waals surface area contributed by atoms with Gasteiger partial charge in [0.1, 0.15) is 6.26 Å². The number of aromatic nitrogens is 1. The molecule has 1 aliphatic rings. The van der Waals surface area contributed by atoms with Crippen LogP contribution in [-0.2, 0) is 11.3 Å². The van der Waals surface area contributed by atoms with Gasteiger partial charge in [0, 0.05) is 19.6 Å². The van der Waals surface area contributed by atoms with Crippen molar-refractivity contribution >= 4 is 6.01 Å². The molecule has 1 atom stereocenters. The summed E-state index contributed by atoms with van der Waals surface area (Å²) in [6.07, 6.45) is 1.97. The lowest BCUT2D eigenvalue weighted by Gasteiger charge is -2.29. The van der Waals surface area contributed by atoms with Gasteiger partial charge in [0.15, 0.2) is 0 Å². The molecule has 1 unspecified atom stereocenters. The van der Waals surface area contributed by atoms with E-state index in [9.17, 15) is 0 Å². The molecule has 0 aromatic carbocycles. The third kappa shape index (κ3) is 2.74. The minimum atomic E-state index is 0.248. The van der Waals surface area contributed by atoms with Crippen molar-refractivity contribution in [2.45, 2.75) is 26.5 Å². The van der Waals surface area contributed by atoms with Gasteiger partial charge in [0.25, 0.3) is 6.01 Å². The number of morpholine rings is 1. The molecule has 1 N–H and O–H groups in total. The van der Waals surface area contributed by atoms with Crippen LogP contribution in [0.1, 0.15) is 19.5 Å². The highest BCUT2D eigenvalue weighted by Gasteiger charge is 2.20. The van der Waals surface area contributed by atoms with Crippen LogP contribution in [0.5, 0.6) is 0 Å². The summed E-state index contributed by atoms with van der Waals surface area (Å²) in [6.45, 7) is 8.29. The van der Waals surface area contributed by atoms with E-state index >= 15 is 0 Å². The molecule has 0 aliphatic carbocycles. The summed E-state index contributed by atoms with van der Waals surface area (Å²) < 4.78 is 10.9. The van der Waals surface area contributed by atoms with E-state index in [1.54, 1.807) is 6.26 Å². The molecule has 2 rings (SSSR count). The fourth-order valence-electron chi connectivity index (χ4n) is 1.77. The van der Waals surface area contributed by atoms with Crippen molar-refractivity contribution in [3.05, 3.63) is 12.0 Å². The molecule has 0 spiro atoms. The molecule has 1 aromatic rings. The predicted octanol–water partition coefficient (Wildman–Crippen LogP) is 1.01. The van der Waals surface area contributed by atoms with Crippen molar-refractivity contribution in [1.82, 2.24) is 10.3 Å². The average molecular weight is 225 g/mol. The molecule has 90 valence electrons. The van der Waals surface area contributed by atoms with E-state index in [0.717, 1.165) is 38.5 Å². The zero-order chi connectivity index (χ0) is 11.4. The Morgan fingerprint density at radius 1 is 1.62 bits per heavy atom. The number of oxazole rings is 1. The molecule has 1 aliphatic heterocycles. The molecular weight excluding hydrogens is 206 g/mol. The van der Waals surface area contributed by atoms with E-state index in [-0.39, 0.29) is 6.10 Å². The lowest BCUT2D eigenvalue weighted by molar-refractivity contribution is 0.0514. The van der Waals surface area contributed by atoms with Crippen molar-refractivity contribution in [1.29, 1.82) is 0 Å². The van der Waals surface area contributed by atoms with Crippen molar-refractivity contribution < 1.29 is 9.15 Å². The monoisotopic (exact) mass is 225 g/mol. The predicted molar refractivity (Wildman–Crippen MR) is 61.5 cm³/mol. The van der Waals surface area contributed by atoms with Crippen LogP contribution in [0.15, 0.2) is 10.7 Å². The molecule has 0 saturated carbocycles. The highest BCUT2D eigenvalue weighted by atomic mass is 16.5. The largest absolute Gasteiger partial charge is 0.432 e. The van der Waals surface area contributed by atoms with E-state index in [1.807, 2.05) is 0 Å². The number of nitrogens with one attached hydrogen (secondary N) is 1. The van der Waals surface area contributed by atoms with Gasteiger partial charge in [-0.05, 0) is 13.5 Å². The van der Waals surface area contributed by atoms with Gasteiger partial charge in [-0.1, -0.05) is 6.92 Å². The molecule has 2 heterocycles. The lowest BCUT2D eigenvalue weighted by atomic mass is 10.3. The summed E-state index contributed by atoms with van der Waals surface area (Å²) in [7, 11) is 0. The average Bonchev–Trinajstić information content (AvgIpc) is 2.75. The van der Waals surface area contributed by atoms with E-state index in [0.29, 0.717) is 6.01 Å². The number of rotatable bonds is 4. The third-order valence-electron chi connectivity index (χ3n) is 2.61. The molecule has 1 aromatic heterocycles. The second-order valence-corrected chi connectivity index (χ2v) is 4.03. The van der Waals surface area contributed by atoms with Gasteiger partial charge in [-0.15, -0.1) is 0 Å². The topological polar surface area (TPSA) is 50.5 Å². The Morgan fingerprint density at radius 2 is 2.50 bits per heavy atom. The quantitative estimate of drug-likeness (QED) is 0.828. The van der Waals surface area contributed by atoms with Gasteiger partial charge in [0.05, 0.1) is 18.4 Å². The zero-order valence-electron chi connectivity index (χ0n) is 9.90. The molecule has 1 fully saturated rings. The number of anilines is 1. The fraction of sp³-hybridized carbons (Fsp3) is 0.727. The summed E-state index contributed by atoms with van der Waals surface area (Å²) in [6, 6.07) is 0.711. The van der Waals surface area contributed by atoms with Crippen LogP contribution >= 0.6 is 0 Å². The SMILES string of the molecule is CCNCc1coc(N2CCOC(C)C2)n1. The summed E-state index contributed by atoms with van der Waals surface area (Å²) in [4.78, 5) is 6.58. The number of hydrogen-bond donors (Lipinski definition) is 1. The maximum atomic E-state index is 5.48. The van der Waals surface area contributed by atoms with Crippen LogP contribution in [0.4, 0.5) is 6.01 Å². The molecule has 5 nitrogen and oxygen atoms in total. The Bertz CT molecular complexity index is 327. The van der Waals surface area contributed by atoms with Gasteiger partial charge in [-0.2, -0.15) is 4.98 Å². The van der Waals surface area contributed by atoms with E-state index < -0.39 is 0 Å². The van der Waals surface area contributed by atoms with Gasteiger partial charge >= 0.3 is 0 Å². The second-order valence-electron chi connectivity index (χ2n) is 4.03. The minimum Gasteiger partial charge on any atom is -0.432 e. The smallest absolute Gasteiger partial charge is 0.297 e. The normalized spacial score (nSPS) is 21.4. The first kappa shape index (κ1) is 11.4. The summed E-state index contributed by atoms with van der Waals surface area (Å²) >= 11 is 0. The van der Waals surface area contributed by atoms with Crippen LogP contribution in [0, 0.1) is 0 Å². The van der Waals surface area contributed by atoms with Crippen molar-refractivity contribution in [2.75, 3.05) is 31.1 Å². The van der Waals surface area contributed by atoms with E-state index in [4.69, 9.17) is 9.15 Å². The first-order chi connectivity index (χ1) is 7.79. The molecule has 5 heteroatoms. The van der Waals surface area contributed by atoms with Crippen LogP contribution < -0.4 is 10.2 Å². The third-order valence-corrected chi connectivity index (χ3v) is 2.61. The lowest BCUT2D eigenvalue weighted by Crippen LogP contribution is -2.41. The summed E-state index contributed by atoms with van der Waals surface area (Å²) in [5, 5.41) is 3.22. The number of hydrogen-bond acceptors (Lipinski definition) is 5. The molecular formula is C11H19N3O2. The van der Waals surface area contributed by atoms with Crippen LogP contribution in [0.2, 0.25) is 0 Å². The zero-order valence-corrected chi connectivity index (χ0v) is 9.90. The Labute approximate surface area is 95.8 Å². The van der Waals surface area contributed by atoms with Gasteiger partial charge in [-0.25, -0.2) is 0 Å². The molecule has 0 amide bonds. The van der Waals surface area contributed by atoms with Crippen LogP contribution in [-0.4, -0.2) is 37.3 Å².